The van der Waals surface area contributed by atoms with Gasteiger partial charge in [0, 0.05) is 98.3 Å². The van der Waals surface area contributed by atoms with E-state index >= 15 is 0 Å². The van der Waals surface area contributed by atoms with Gasteiger partial charge in [0.1, 0.15) is 19.3 Å². The van der Waals surface area contributed by atoms with E-state index in [4.69, 9.17) is 33.5 Å². The van der Waals surface area contributed by atoms with Crippen molar-refractivity contribution in [2.75, 3.05) is 164 Å². The van der Waals surface area contributed by atoms with Crippen LogP contribution in [-0.4, -0.2) is 201 Å². The number of aliphatic carboxylic acids is 1. The monoisotopic (exact) mass is 1170 g/mol. The smallest absolute Gasteiger partial charge is 0.379 e. The molecule has 0 unspecified atom stereocenters. The highest BCUT2D eigenvalue weighted by molar-refractivity contribution is 6.43. The van der Waals surface area contributed by atoms with Crippen LogP contribution in [-0.2, 0) is 38.1 Å². The van der Waals surface area contributed by atoms with Crippen LogP contribution in [0.2, 0.25) is 0 Å². The van der Waals surface area contributed by atoms with Gasteiger partial charge in [0.2, 0.25) is 5.78 Å². The van der Waals surface area contributed by atoms with E-state index in [0.29, 0.717) is 51.7 Å². The fourth-order valence-corrected chi connectivity index (χ4v) is 10.2. The molecule has 6 aliphatic rings. The Morgan fingerprint density at radius 2 is 0.941 bits per heavy atom. The molecule has 5 aromatic carbocycles. The molecular formula is C63H75FN6O15. The van der Waals surface area contributed by atoms with Crippen molar-refractivity contribution in [1.29, 1.82) is 0 Å². The number of benzene rings is 5. The number of anilines is 4. The standard InChI is InChI=1S/C27H32FN3O6.C14H17NO4.C12H13NO4.C10H13NO/c28-21-15-19(16-23-26(21)37-14-13-36-23)24(32)22(17-30-7-1-2-8-30)29-27(34)25(33)18-3-5-20(6-4-18)31-9-11-35-12-10-31;1-2-19-14(17)13(16)11-3-5-12(6-4-11)15-7-9-18-10-8-15;14-11(12(15)16)9-1-3-10(4-2-9)13-5-7-17-8-6-13;1-2-4-10(5-3-1)11-6-8-12-9-7-11/h3-6,15-16,22,24,32H,1-2,7-14,17H2,(H,29,34);3-6H,2,7-10H2,1H3;1-4H,5-8H2,(H,15,16);1-5H,6-9H2/t22-,24-;;;/m1.../s1. The number of morpholine rings is 4. The Kier molecular flexibility index (Phi) is 24.0. The minimum Gasteiger partial charge on any atom is -0.486 e. The first-order valence-electron chi connectivity index (χ1n) is 28.9. The minimum atomic E-state index is -1.43. The summed E-state index contributed by atoms with van der Waals surface area (Å²) in [5, 5.41) is 22.5. The second-order valence-electron chi connectivity index (χ2n) is 20.4. The van der Waals surface area contributed by atoms with E-state index < -0.39 is 53.2 Å². The van der Waals surface area contributed by atoms with Crippen LogP contribution in [0.4, 0.5) is 27.1 Å². The molecule has 6 aliphatic heterocycles. The van der Waals surface area contributed by atoms with E-state index in [0.717, 1.165) is 109 Å². The summed E-state index contributed by atoms with van der Waals surface area (Å²) < 4.78 is 51.4. The number of carboxylic acid groups (broad SMARTS) is 1. The third-order valence-electron chi connectivity index (χ3n) is 14.8. The Morgan fingerprint density at radius 3 is 1.38 bits per heavy atom. The molecule has 0 bridgehead atoms. The zero-order valence-corrected chi connectivity index (χ0v) is 47.9. The van der Waals surface area contributed by atoms with Crippen LogP contribution in [0.25, 0.3) is 0 Å². The molecule has 0 saturated carbocycles. The molecule has 11 rings (SSSR count). The van der Waals surface area contributed by atoms with Crippen molar-refractivity contribution in [2.24, 2.45) is 0 Å². The fraction of sp³-hybridized carbons (Fsp3) is 0.429. The molecule has 0 aliphatic carbocycles. The maximum Gasteiger partial charge on any atom is 0.379 e. The maximum absolute atomic E-state index is 14.7. The quantitative estimate of drug-likeness (QED) is 0.0627. The molecule has 5 aromatic rings. The number of carbonyl (C=O) groups excluding carboxylic acids is 5. The number of ether oxygens (including phenoxy) is 7. The summed E-state index contributed by atoms with van der Waals surface area (Å²) in [6, 6.07) is 32.9. The Bertz CT molecular complexity index is 2960. The SMILES string of the molecule is CCOC(=O)C(=O)c1ccc(N2CCOCC2)cc1.O=C(N[C@H](CN1CCCC1)[C@H](O)c1cc(F)c2c(c1)OCCO2)C(=O)c1ccc(N2CCOCC2)cc1.O=C(O)C(=O)c1ccc(N2CCOCC2)cc1.c1ccc(N2CCOCC2)cc1. The van der Waals surface area contributed by atoms with Gasteiger partial charge < -0.3 is 73.2 Å². The Balaban J connectivity index is 0.000000164. The Hall–Kier alpha value is -7.99. The van der Waals surface area contributed by atoms with Crippen molar-refractivity contribution in [2.45, 2.75) is 31.9 Å². The van der Waals surface area contributed by atoms with Crippen molar-refractivity contribution in [3.63, 3.8) is 0 Å². The largest absolute Gasteiger partial charge is 0.486 e. The molecule has 0 radical (unpaired) electrons. The summed E-state index contributed by atoms with van der Waals surface area (Å²) in [5.74, 6) is -5.64. The van der Waals surface area contributed by atoms with Gasteiger partial charge in [-0.25, -0.2) is 14.0 Å². The molecule has 2 atom stereocenters. The topological polar surface area (TPSA) is 236 Å². The number of hydrogen-bond donors (Lipinski definition) is 3. The molecule has 0 aromatic heterocycles. The fourth-order valence-electron chi connectivity index (χ4n) is 10.2. The molecular weight excluding hydrogens is 1100 g/mol. The molecule has 85 heavy (non-hydrogen) atoms. The first kappa shape index (κ1) is 63.0. The van der Waals surface area contributed by atoms with E-state index in [1.165, 1.54) is 17.8 Å². The minimum absolute atomic E-state index is 0.0121. The van der Waals surface area contributed by atoms with E-state index in [1.54, 1.807) is 55.5 Å². The van der Waals surface area contributed by atoms with Gasteiger partial charge in [0.25, 0.3) is 17.5 Å². The van der Waals surface area contributed by atoms with Gasteiger partial charge in [-0.05, 0) is 135 Å². The molecule has 22 heteroatoms. The number of nitrogens with one attached hydrogen (secondary N) is 1. The maximum atomic E-state index is 14.7. The van der Waals surface area contributed by atoms with Gasteiger partial charge in [-0.15, -0.1) is 0 Å². The number of hydrogen-bond acceptors (Lipinski definition) is 19. The van der Waals surface area contributed by atoms with E-state index in [1.807, 2.05) is 30.3 Å². The van der Waals surface area contributed by atoms with Crippen LogP contribution in [0.5, 0.6) is 11.5 Å². The van der Waals surface area contributed by atoms with Crippen LogP contribution in [0.15, 0.2) is 115 Å². The lowest BCUT2D eigenvalue weighted by Gasteiger charge is -2.29. The third kappa shape index (κ3) is 18.3. The summed E-state index contributed by atoms with van der Waals surface area (Å²) >= 11 is 0. The number of aliphatic hydroxyl groups excluding tert-OH is 1. The van der Waals surface area contributed by atoms with Crippen molar-refractivity contribution in [3.8, 4) is 11.5 Å². The van der Waals surface area contributed by atoms with Crippen molar-refractivity contribution < 1.29 is 76.5 Å². The zero-order valence-electron chi connectivity index (χ0n) is 47.9. The number of halogens is 1. The van der Waals surface area contributed by atoms with E-state index in [-0.39, 0.29) is 48.0 Å². The molecule has 5 fully saturated rings. The van der Waals surface area contributed by atoms with Crippen molar-refractivity contribution >= 4 is 57.9 Å². The van der Waals surface area contributed by atoms with Gasteiger partial charge in [0.05, 0.1) is 65.5 Å². The predicted molar refractivity (Wildman–Crippen MR) is 315 cm³/mol. The normalized spacial score (nSPS) is 17.4. The number of para-hydroxylation sites is 1. The van der Waals surface area contributed by atoms with Crippen LogP contribution >= 0.6 is 0 Å². The average molecular weight is 1180 g/mol. The van der Waals surface area contributed by atoms with Crippen LogP contribution < -0.4 is 34.4 Å². The lowest BCUT2D eigenvalue weighted by atomic mass is 10.00. The first-order valence-corrected chi connectivity index (χ1v) is 28.9. The molecule has 3 N–H and O–H groups in total. The number of amides is 1. The Morgan fingerprint density at radius 1 is 0.529 bits per heavy atom. The van der Waals surface area contributed by atoms with Gasteiger partial charge in [0.15, 0.2) is 17.3 Å². The van der Waals surface area contributed by atoms with Crippen LogP contribution in [0.1, 0.15) is 62.5 Å². The lowest BCUT2D eigenvalue weighted by Crippen LogP contribution is -2.48. The number of esters is 1. The number of rotatable bonds is 16. The van der Waals surface area contributed by atoms with Crippen LogP contribution in [0.3, 0.4) is 0 Å². The van der Waals surface area contributed by atoms with Crippen molar-refractivity contribution in [3.05, 3.63) is 143 Å². The Labute approximate surface area is 494 Å². The second kappa shape index (κ2) is 32.3. The van der Waals surface area contributed by atoms with Gasteiger partial charge in [-0.1, -0.05) is 18.2 Å². The number of carboxylic acids is 1. The molecule has 454 valence electrons. The number of aliphatic hydroxyl groups is 1. The van der Waals surface area contributed by atoms with Crippen LogP contribution in [0, 0.1) is 5.82 Å². The van der Waals surface area contributed by atoms with Crippen molar-refractivity contribution in [1.82, 2.24) is 10.2 Å². The summed E-state index contributed by atoms with van der Waals surface area (Å²) in [4.78, 5) is 81.7. The number of fused-ring (bicyclic) bond motifs is 1. The second-order valence-corrected chi connectivity index (χ2v) is 20.4. The van der Waals surface area contributed by atoms with Gasteiger partial charge in [-0.2, -0.15) is 0 Å². The molecule has 0 spiro atoms. The summed E-state index contributed by atoms with van der Waals surface area (Å²) in [6.07, 6.45) is 0.777. The molecule has 21 nitrogen and oxygen atoms in total. The average Bonchev–Trinajstić information content (AvgIpc) is 4.23. The van der Waals surface area contributed by atoms with Gasteiger partial charge in [-0.3, -0.25) is 19.2 Å². The number of likely N-dealkylation sites (tertiary alicyclic amines) is 1. The molecule has 6 heterocycles. The van der Waals surface area contributed by atoms with E-state index in [2.05, 4.69) is 58.8 Å². The molecule has 5 saturated heterocycles. The highest BCUT2D eigenvalue weighted by Gasteiger charge is 2.31. The highest BCUT2D eigenvalue weighted by atomic mass is 19.1. The first-order chi connectivity index (χ1) is 41.4. The lowest BCUT2D eigenvalue weighted by molar-refractivity contribution is -0.137. The predicted octanol–water partition coefficient (Wildman–Crippen LogP) is 5.51. The molecule has 1 amide bonds. The number of Topliss-reactive ketones (excluding diaryl/α,β-unsaturated/α-hetero) is 3. The summed E-state index contributed by atoms with van der Waals surface area (Å²) in [6.45, 7) is 17.1. The number of nitrogens with zero attached hydrogens (tertiary/aromatic N) is 5. The number of ketones is 3. The summed E-state index contributed by atoms with van der Waals surface area (Å²) in [5.41, 5.74) is 5.34. The number of carbonyl (C=O) groups is 6. The van der Waals surface area contributed by atoms with E-state index in [9.17, 15) is 38.3 Å². The zero-order chi connectivity index (χ0) is 59.9. The summed E-state index contributed by atoms with van der Waals surface area (Å²) in [7, 11) is 0. The van der Waals surface area contributed by atoms with Gasteiger partial charge >= 0.3 is 11.9 Å². The third-order valence-corrected chi connectivity index (χ3v) is 14.8. The highest BCUT2D eigenvalue weighted by Crippen LogP contribution is 2.37.